The molecule has 1 aromatic rings. The maximum absolute atomic E-state index is 2.94. The van der Waals surface area contributed by atoms with Gasteiger partial charge in [0, 0.05) is 12.1 Å². The monoisotopic (exact) mass is 202 g/mol. The Morgan fingerprint density at radius 1 is 1.10 bits per heavy atom. The van der Waals surface area contributed by atoms with Gasteiger partial charge in [0.2, 0.25) is 0 Å². The van der Waals surface area contributed by atoms with E-state index in [1.165, 1.54) is 0 Å². The third-order valence-electron chi connectivity index (χ3n) is 1.14. The van der Waals surface area contributed by atoms with E-state index in [9.17, 15) is 0 Å². The molecule has 10 heavy (non-hydrogen) atoms. The van der Waals surface area contributed by atoms with Gasteiger partial charge in [-0.05, 0) is 12.8 Å². The third kappa shape index (κ3) is 3.62. The smallest absolute Gasteiger partial charge is 0.168 e. The van der Waals surface area contributed by atoms with Gasteiger partial charge in [0.15, 0.2) is 12.4 Å². The lowest BCUT2D eigenvalue weighted by molar-refractivity contribution is -0.693. The Kier molecular flexibility index (Phi) is 6.50. The molecule has 2 heteroatoms. The summed E-state index contributed by atoms with van der Waals surface area (Å²) in [5, 5.41) is 0. The molecule has 0 unspecified atom stereocenters. The second-order valence-corrected chi connectivity index (χ2v) is 1.71. The normalized spacial score (nSPS) is 7.90. The maximum atomic E-state index is 2.94. The number of rotatable bonds is 1. The topological polar surface area (TPSA) is 3.88 Å². The van der Waals surface area contributed by atoms with Gasteiger partial charge in [-0.1, -0.05) is 22.0 Å². The molecule has 0 atom stereocenters. The Morgan fingerprint density at radius 2 is 1.60 bits per heavy atom. The summed E-state index contributed by atoms with van der Waals surface area (Å²) in [6.07, 6.45) is 4.11. The summed E-state index contributed by atoms with van der Waals surface area (Å²) in [6.45, 7) is 3.18. The Morgan fingerprint density at radius 3 is 1.90 bits per heavy atom. The Bertz CT molecular complexity index is 151. The van der Waals surface area contributed by atoms with E-state index in [2.05, 4.69) is 39.8 Å². The van der Waals surface area contributed by atoms with Crippen LogP contribution in [0.4, 0.5) is 0 Å². The van der Waals surface area contributed by atoms with Crippen LogP contribution in [0.25, 0.3) is 0 Å². The van der Waals surface area contributed by atoms with E-state index in [0.717, 1.165) is 6.54 Å². The van der Waals surface area contributed by atoms with Gasteiger partial charge in [-0.3, -0.25) is 0 Å². The highest BCUT2D eigenvalue weighted by molar-refractivity contribution is 9.08. The van der Waals surface area contributed by atoms with Crippen LogP contribution in [0.3, 0.4) is 0 Å². The fourth-order valence-corrected chi connectivity index (χ4v) is 0.645. The van der Waals surface area contributed by atoms with E-state index in [1.807, 2.05) is 24.0 Å². The minimum atomic E-state index is 1.06. The fourth-order valence-electron chi connectivity index (χ4n) is 0.645. The first-order valence-electron chi connectivity index (χ1n) is 3.25. The number of pyridine rings is 1. The van der Waals surface area contributed by atoms with Crippen LogP contribution in [0, 0.1) is 0 Å². The van der Waals surface area contributed by atoms with E-state index in [1.54, 1.807) is 0 Å². The van der Waals surface area contributed by atoms with Crippen LogP contribution in [0.15, 0.2) is 30.6 Å². The molecule has 0 fully saturated rings. The number of aromatic nitrogens is 1. The molecule has 0 aliphatic rings. The number of nitrogens with zero attached hydrogens (tertiary/aromatic N) is 1. The summed E-state index contributed by atoms with van der Waals surface area (Å²) >= 11 is 2.94. The van der Waals surface area contributed by atoms with Gasteiger partial charge in [-0.25, -0.2) is 4.57 Å². The van der Waals surface area contributed by atoms with Crippen LogP contribution < -0.4 is 4.57 Å². The van der Waals surface area contributed by atoms with Crippen molar-refractivity contribution in [3.63, 3.8) is 0 Å². The van der Waals surface area contributed by atoms with Crippen molar-refractivity contribution in [1.29, 1.82) is 0 Å². The highest BCUT2D eigenvalue weighted by Crippen LogP contribution is 1.74. The van der Waals surface area contributed by atoms with Crippen molar-refractivity contribution in [3.8, 4) is 0 Å². The summed E-state index contributed by atoms with van der Waals surface area (Å²) in [5.41, 5.74) is 0. The van der Waals surface area contributed by atoms with Crippen LogP contribution in [0.5, 0.6) is 0 Å². The number of aryl methyl sites for hydroxylation is 1. The molecular weight excluding hydrogens is 190 g/mol. The van der Waals surface area contributed by atoms with Crippen molar-refractivity contribution in [1.82, 2.24) is 0 Å². The van der Waals surface area contributed by atoms with E-state index in [0.29, 0.717) is 0 Å². The summed E-state index contributed by atoms with van der Waals surface area (Å²) in [4.78, 5) is 0. The molecule has 0 aromatic carbocycles. The van der Waals surface area contributed by atoms with Crippen LogP contribution in [-0.4, -0.2) is 5.83 Å². The first-order chi connectivity index (χ1) is 4.93. The van der Waals surface area contributed by atoms with Gasteiger partial charge in [0.1, 0.15) is 6.54 Å². The van der Waals surface area contributed by atoms with Gasteiger partial charge in [0.05, 0.1) is 0 Å². The third-order valence-corrected chi connectivity index (χ3v) is 1.14. The zero-order valence-electron chi connectivity index (χ0n) is 6.42. The van der Waals surface area contributed by atoms with Crippen LogP contribution in [-0.2, 0) is 6.54 Å². The molecule has 0 amide bonds. The molecule has 56 valence electrons. The first-order valence-corrected chi connectivity index (χ1v) is 4.84. The van der Waals surface area contributed by atoms with Crippen molar-refractivity contribution < 1.29 is 4.57 Å². The van der Waals surface area contributed by atoms with Crippen molar-refractivity contribution in [2.75, 3.05) is 5.83 Å². The number of halogens is 1. The van der Waals surface area contributed by atoms with Crippen LogP contribution in [0.1, 0.15) is 6.92 Å². The molecule has 0 aliphatic heterocycles. The highest BCUT2D eigenvalue weighted by atomic mass is 79.9. The van der Waals surface area contributed by atoms with Crippen LogP contribution in [0.2, 0.25) is 0 Å². The van der Waals surface area contributed by atoms with Gasteiger partial charge in [-0.2, -0.15) is 0 Å². The highest BCUT2D eigenvalue weighted by Gasteiger charge is 1.86. The molecule has 1 rings (SSSR count). The van der Waals surface area contributed by atoms with E-state index in [-0.39, 0.29) is 0 Å². The van der Waals surface area contributed by atoms with Crippen molar-refractivity contribution in [3.05, 3.63) is 30.6 Å². The lowest BCUT2D eigenvalue weighted by atomic mass is 10.5. The van der Waals surface area contributed by atoms with Crippen LogP contribution >= 0.6 is 15.9 Å². The van der Waals surface area contributed by atoms with Gasteiger partial charge >= 0.3 is 0 Å². The number of alkyl halides is 1. The lowest BCUT2D eigenvalue weighted by Gasteiger charge is -1.84. The second kappa shape index (κ2) is 6.75. The van der Waals surface area contributed by atoms with E-state index in [4.69, 9.17) is 0 Å². The van der Waals surface area contributed by atoms with E-state index < -0.39 is 0 Å². The summed E-state index contributed by atoms with van der Waals surface area (Å²) < 4.78 is 2.12. The molecular formula is C8H13BrN+. The Balaban J connectivity index is 0.000000371. The lowest BCUT2D eigenvalue weighted by Crippen LogP contribution is -2.30. The predicted octanol–water partition coefficient (Wildman–Crippen LogP) is 2.01. The molecule has 1 nitrogen and oxygen atoms in total. The number of hydrogen-bond acceptors (Lipinski definition) is 0. The molecule has 1 aromatic heterocycles. The molecule has 0 saturated heterocycles. The SMILES string of the molecule is CBr.CC[n+]1ccccc1. The average Bonchev–Trinajstić information content (AvgIpc) is 2.10. The van der Waals surface area contributed by atoms with E-state index >= 15 is 0 Å². The minimum absolute atomic E-state index is 1.06. The first kappa shape index (κ1) is 9.63. The molecule has 1 heterocycles. The molecule has 0 aliphatic carbocycles. The molecule has 0 bridgehead atoms. The minimum Gasteiger partial charge on any atom is -0.205 e. The molecule has 0 saturated carbocycles. The van der Waals surface area contributed by atoms with Gasteiger partial charge in [0.25, 0.3) is 0 Å². The maximum Gasteiger partial charge on any atom is 0.168 e. The molecule has 0 N–H and O–H groups in total. The largest absolute Gasteiger partial charge is 0.205 e. The predicted molar refractivity (Wildman–Crippen MR) is 47.2 cm³/mol. The van der Waals surface area contributed by atoms with Crippen molar-refractivity contribution >= 4 is 15.9 Å². The quantitative estimate of drug-likeness (QED) is 0.485. The zero-order chi connectivity index (χ0) is 7.82. The zero-order valence-corrected chi connectivity index (χ0v) is 8.01. The number of hydrogen-bond donors (Lipinski definition) is 0. The Labute approximate surface area is 70.8 Å². The van der Waals surface area contributed by atoms with Crippen molar-refractivity contribution in [2.24, 2.45) is 0 Å². The standard InChI is InChI=1S/C7H10N.CH3Br/c1-2-8-6-4-3-5-7-8;1-2/h3-7H,2H2,1H3;1H3/q+1;. The molecule has 0 radical (unpaired) electrons. The summed E-state index contributed by atoms with van der Waals surface area (Å²) in [5.74, 6) is 1.81. The van der Waals surface area contributed by atoms with Gasteiger partial charge in [-0.15, -0.1) is 0 Å². The summed E-state index contributed by atoms with van der Waals surface area (Å²) in [6, 6.07) is 6.08. The Hall–Kier alpha value is -0.370. The average molecular weight is 203 g/mol. The van der Waals surface area contributed by atoms with Gasteiger partial charge < -0.3 is 0 Å². The summed E-state index contributed by atoms with van der Waals surface area (Å²) in [7, 11) is 0. The van der Waals surface area contributed by atoms with Crippen molar-refractivity contribution in [2.45, 2.75) is 13.5 Å². The fraction of sp³-hybridized carbons (Fsp3) is 0.375. The second-order valence-electron chi connectivity index (χ2n) is 1.71. The molecule has 0 spiro atoms.